The summed E-state index contributed by atoms with van der Waals surface area (Å²) in [5.41, 5.74) is 0.597. The summed E-state index contributed by atoms with van der Waals surface area (Å²) in [5.74, 6) is 0.571. The van der Waals surface area contributed by atoms with Gasteiger partial charge in [0, 0.05) is 18.2 Å². The Balaban J connectivity index is 1.21. The molecule has 4 rings (SSSR count). The van der Waals surface area contributed by atoms with Crippen LogP contribution in [0.2, 0.25) is 5.02 Å². The van der Waals surface area contributed by atoms with Crippen molar-refractivity contribution >= 4 is 23.6 Å². The third kappa shape index (κ3) is 5.62. The highest BCUT2D eigenvalue weighted by Gasteiger charge is 2.32. The molecule has 33 heavy (non-hydrogen) atoms. The van der Waals surface area contributed by atoms with E-state index < -0.39 is 6.09 Å². The van der Waals surface area contributed by atoms with E-state index in [0.717, 1.165) is 25.7 Å². The van der Waals surface area contributed by atoms with Crippen LogP contribution in [0.25, 0.3) is 0 Å². The van der Waals surface area contributed by atoms with Gasteiger partial charge < -0.3 is 24.8 Å². The molecule has 172 valence electrons. The predicted octanol–water partition coefficient (Wildman–Crippen LogP) is 2.86. The number of rotatable bonds is 6. The lowest BCUT2D eigenvalue weighted by Gasteiger charge is -2.36. The van der Waals surface area contributed by atoms with Crippen molar-refractivity contribution in [1.29, 1.82) is 5.26 Å². The minimum absolute atomic E-state index is 0.0107. The quantitative estimate of drug-likeness (QED) is 0.655. The minimum Gasteiger partial charge on any atom is -0.490 e. The van der Waals surface area contributed by atoms with Gasteiger partial charge in [-0.05, 0) is 43.9 Å². The zero-order chi connectivity index (χ0) is 23.4. The normalized spacial score (nSPS) is 20.3. The average Bonchev–Trinajstić information content (AvgIpc) is 2.77. The summed E-state index contributed by atoms with van der Waals surface area (Å²) in [6.45, 7) is 0.563. The number of likely N-dealkylation sites (tertiary alicyclic amines) is 1. The lowest BCUT2D eigenvalue weighted by atomic mass is 9.93. The van der Waals surface area contributed by atoms with Gasteiger partial charge in [-0.3, -0.25) is 4.79 Å². The second kappa shape index (κ2) is 9.92. The highest BCUT2D eigenvalue weighted by Crippen LogP contribution is 2.27. The fourth-order valence-corrected chi connectivity index (χ4v) is 3.99. The largest absolute Gasteiger partial charge is 0.490 e. The second-order valence-corrected chi connectivity index (χ2v) is 8.41. The Morgan fingerprint density at radius 3 is 2.45 bits per heavy atom. The van der Waals surface area contributed by atoms with Crippen molar-refractivity contribution in [3.05, 3.63) is 46.6 Å². The molecule has 2 fully saturated rings. The van der Waals surface area contributed by atoms with Crippen molar-refractivity contribution in [2.24, 2.45) is 0 Å². The van der Waals surface area contributed by atoms with E-state index in [1.165, 1.54) is 11.0 Å². The van der Waals surface area contributed by atoms with E-state index in [4.69, 9.17) is 31.4 Å². The van der Waals surface area contributed by atoms with Gasteiger partial charge in [-0.1, -0.05) is 11.6 Å². The molecule has 0 radical (unpaired) electrons. The molecule has 2 amide bonds. The molecule has 0 bridgehead atoms. The van der Waals surface area contributed by atoms with Gasteiger partial charge in [0.2, 0.25) is 5.88 Å². The van der Waals surface area contributed by atoms with Crippen LogP contribution in [0, 0.1) is 11.3 Å². The van der Waals surface area contributed by atoms with Crippen LogP contribution in [0.5, 0.6) is 11.6 Å². The van der Waals surface area contributed by atoms with Crippen LogP contribution in [0.4, 0.5) is 4.79 Å². The zero-order valence-corrected chi connectivity index (χ0v) is 18.4. The molecule has 0 atom stereocenters. The minimum atomic E-state index is -0.979. The molecule has 2 N–H and O–H groups in total. The maximum atomic E-state index is 12.5. The van der Waals surface area contributed by atoms with E-state index in [2.05, 4.69) is 15.5 Å². The molecule has 1 saturated carbocycles. The number of carbonyl (C=O) groups is 2. The fourth-order valence-electron chi connectivity index (χ4n) is 3.78. The molecule has 1 aromatic carbocycles. The van der Waals surface area contributed by atoms with Crippen molar-refractivity contribution in [2.75, 3.05) is 13.1 Å². The van der Waals surface area contributed by atoms with E-state index in [9.17, 15) is 9.59 Å². The van der Waals surface area contributed by atoms with Crippen molar-refractivity contribution in [3.63, 3.8) is 0 Å². The molecule has 2 heterocycles. The molecule has 11 heteroatoms. The zero-order valence-electron chi connectivity index (χ0n) is 17.6. The summed E-state index contributed by atoms with van der Waals surface area (Å²) in [5, 5.41) is 29.0. The fraction of sp³-hybridized carbons (Fsp3) is 0.409. The van der Waals surface area contributed by atoms with Gasteiger partial charge >= 0.3 is 6.09 Å². The summed E-state index contributed by atoms with van der Waals surface area (Å²) in [6, 6.07) is 10.1. The maximum absolute atomic E-state index is 12.5. The smallest absolute Gasteiger partial charge is 0.407 e. The molecule has 1 aliphatic heterocycles. The molecule has 2 aromatic rings. The Morgan fingerprint density at radius 2 is 1.85 bits per heavy atom. The first-order chi connectivity index (χ1) is 15.9. The molecular weight excluding hydrogens is 450 g/mol. The van der Waals surface area contributed by atoms with Gasteiger partial charge in [-0.2, -0.15) is 5.26 Å². The number of benzene rings is 1. The highest BCUT2D eigenvalue weighted by atomic mass is 35.5. The number of carbonyl (C=O) groups excluding carboxylic acids is 1. The third-order valence-electron chi connectivity index (χ3n) is 5.65. The molecule has 1 aliphatic carbocycles. The van der Waals surface area contributed by atoms with Crippen molar-refractivity contribution in [3.8, 4) is 17.7 Å². The van der Waals surface area contributed by atoms with Crippen molar-refractivity contribution in [2.45, 2.75) is 43.9 Å². The Kier molecular flexibility index (Phi) is 6.79. The molecular formula is C22H22ClN5O5. The summed E-state index contributed by atoms with van der Waals surface area (Å²) < 4.78 is 11.5. The van der Waals surface area contributed by atoms with E-state index in [-0.39, 0.29) is 48.8 Å². The average molecular weight is 472 g/mol. The third-order valence-corrected chi connectivity index (χ3v) is 5.96. The summed E-state index contributed by atoms with van der Waals surface area (Å²) in [6.07, 6.45) is 1.85. The van der Waals surface area contributed by atoms with Gasteiger partial charge in [0.25, 0.3) is 5.91 Å². The van der Waals surface area contributed by atoms with Crippen LogP contribution in [0.15, 0.2) is 30.3 Å². The van der Waals surface area contributed by atoms with E-state index in [1.807, 2.05) is 6.07 Å². The topological polar surface area (TPSA) is 138 Å². The van der Waals surface area contributed by atoms with Crippen LogP contribution >= 0.6 is 11.6 Å². The van der Waals surface area contributed by atoms with Crippen LogP contribution < -0.4 is 14.8 Å². The van der Waals surface area contributed by atoms with Crippen LogP contribution in [0.3, 0.4) is 0 Å². The first-order valence-electron chi connectivity index (χ1n) is 10.6. The van der Waals surface area contributed by atoms with Gasteiger partial charge in [-0.15, -0.1) is 10.2 Å². The number of amides is 2. The molecule has 1 aromatic heterocycles. The number of nitrogens with zero attached hydrogens (tertiary/aromatic N) is 4. The Hall–Kier alpha value is -3.58. The van der Waals surface area contributed by atoms with Crippen molar-refractivity contribution < 1.29 is 24.2 Å². The Morgan fingerprint density at radius 1 is 1.09 bits per heavy atom. The maximum Gasteiger partial charge on any atom is 0.407 e. The number of aromatic nitrogens is 2. The number of hydrogen-bond donors (Lipinski definition) is 2. The first-order valence-corrected chi connectivity index (χ1v) is 10.9. The van der Waals surface area contributed by atoms with Gasteiger partial charge in [0.05, 0.1) is 29.8 Å². The standard InChI is InChI=1S/C22H22ClN5O5/c23-18-9-16(4-1-13(18)10-24)32-15-5-2-14(3-6-15)25-21(29)19-7-8-20(27-26-19)33-17-11-28(12-17)22(30)31/h1,4,7-9,14-15,17H,2-3,5-6,11-12H2,(H,25,29)(H,30,31). The molecule has 0 unspecified atom stereocenters. The van der Waals surface area contributed by atoms with E-state index in [0.29, 0.717) is 16.3 Å². The molecule has 10 nitrogen and oxygen atoms in total. The van der Waals surface area contributed by atoms with E-state index in [1.54, 1.807) is 24.3 Å². The highest BCUT2D eigenvalue weighted by molar-refractivity contribution is 6.31. The number of carboxylic acid groups (broad SMARTS) is 1. The second-order valence-electron chi connectivity index (χ2n) is 8.00. The van der Waals surface area contributed by atoms with Gasteiger partial charge in [0.1, 0.15) is 17.9 Å². The molecule has 0 spiro atoms. The first kappa shape index (κ1) is 22.6. The van der Waals surface area contributed by atoms with Gasteiger partial charge in [-0.25, -0.2) is 4.79 Å². The monoisotopic (exact) mass is 471 g/mol. The summed E-state index contributed by atoms with van der Waals surface area (Å²) >= 11 is 6.06. The summed E-state index contributed by atoms with van der Waals surface area (Å²) in [7, 11) is 0. The Bertz CT molecular complexity index is 1060. The number of nitriles is 1. The molecule has 2 aliphatic rings. The lowest BCUT2D eigenvalue weighted by Crippen LogP contribution is -2.55. The van der Waals surface area contributed by atoms with E-state index >= 15 is 0 Å². The van der Waals surface area contributed by atoms with Crippen LogP contribution in [-0.4, -0.2) is 63.5 Å². The Labute approximate surface area is 195 Å². The number of nitrogens with one attached hydrogen (secondary N) is 1. The number of hydrogen-bond acceptors (Lipinski definition) is 7. The number of ether oxygens (including phenoxy) is 2. The predicted molar refractivity (Wildman–Crippen MR) is 116 cm³/mol. The SMILES string of the molecule is N#Cc1ccc(OC2CCC(NC(=O)c3ccc(OC4CN(C(=O)O)C4)nn3)CC2)cc1Cl. The van der Waals surface area contributed by atoms with Crippen LogP contribution in [0.1, 0.15) is 41.7 Å². The van der Waals surface area contributed by atoms with Gasteiger partial charge in [0.15, 0.2) is 5.69 Å². The molecule has 1 saturated heterocycles. The number of halogens is 1. The van der Waals surface area contributed by atoms with Crippen molar-refractivity contribution in [1.82, 2.24) is 20.4 Å². The summed E-state index contributed by atoms with van der Waals surface area (Å²) in [4.78, 5) is 24.5. The van der Waals surface area contributed by atoms with Crippen LogP contribution in [-0.2, 0) is 0 Å². The lowest BCUT2D eigenvalue weighted by molar-refractivity contribution is 0.0222.